The summed E-state index contributed by atoms with van der Waals surface area (Å²) >= 11 is 0. The molecule has 1 rings (SSSR count). The molecule has 0 aromatic carbocycles. The average molecular weight is 427 g/mol. The monoisotopic (exact) mass is 426 g/mol. The topological polar surface area (TPSA) is 70.4 Å². The number of carbonyl (C=O) groups is 1. The van der Waals surface area contributed by atoms with E-state index in [1.165, 1.54) is 6.20 Å². The van der Waals surface area contributed by atoms with Crippen LogP contribution in [0.3, 0.4) is 0 Å². The highest BCUT2D eigenvalue weighted by atomic mass is 19.4. The first-order valence-corrected chi connectivity index (χ1v) is 9.81. The van der Waals surface area contributed by atoms with E-state index in [-0.39, 0.29) is 18.4 Å². The predicted molar refractivity (Wildman–Crippen MR) is 115 cm³/mol. The maximum absolute atomic E-state index is 12.4. The summed E-state index contributed by atoms with van der Waals surface area (Å²) in [4.78, 5) is 14.1. The van der Waals surface area contributed by atoms with Crippen molar-refractivity contribution in [2.45, 2.75) is 38.9 Å². The summed E-state index contributed by atoms with van der Waals surface area (Å²) in [7, 11) is 3.67. The number of ketones is 1. The van der Waals surface area contributed by atoms with Gasteiger partial charge in [0.1, 0.15) is 6.54 Å². The number of rotatable bonds is 11. The first kappa shape index (κ1) is 25.6. The molecule has 8 heteroatoms. The molecular formula is C22H33F3N4O. The van der Waals surface area contributed by atoms with Crippen LogP contribution in [0, 0.1) is 5.41 Å². The molecule has 4 N–H and O–H groups in total. The number of nitrogens with one attached hydrogen (secondary N) is 2. The van der Waals surface area contributed by atoms with Crippen molar-refractivity contribution in [2.24, 2.45) is 11.1 Å². The summed E-state index contributed by atoms with van der Waals surface area (Å²) in [6, 6.07) is -0.276. The molecule has 30 heavy (non-hydrogen) atoms. The first-order valence-electron chi connectivity index (χ1n) is 9.81. The molecule has 0 amide bonds. The average Bonchev–Trinajstić information content (AvgIpc) is 2.67. The van der Waals surface area contributed by atoms with Crippen LogP contribution < -0.4 is 16.4 Å². The van der Waals surface area contributed by atoms with Gasteiger partial charge in [-0.25, -0.2) is 0 Å². The summed E-state index contributed by atoms with van der Waals surface area (Å²) < 4.78 is 37.3. The van der Waals surface area contributed by atoms with Gasteiger partial charge in [0.15, 0.2) is 5.78 Å². The van der Waals surface area contributed by atoms with Gasteiger partial charge in [-0.15, -0.1) is 0 Å². The Bertz CT molecular complexity index is 733. The van der Waals surface area contributed by atoms with Crippen molar-refractivity contribution in [3.05, 3.63) is 60.1 Å². The molecule has 0 aromatic rings. The fourth-order valence-corrected chi connectivity index (χ4v) is 3.18. The van der Waals surface area contributed by atoms with Crippen LogP contribution in [0.15, 0.2) is 60.1 Å². The smallest absolute Gasteiger partial charge is 0.394 e. The van der Waals surface area contributed by atoms with Crippen molar-refractivity contribution in [3.8, 4) is 0 Å². The lowest BCUT2D eigenvalue weighted by Gasteiger charge is -2.35. The third-order valence-electron chi connectivity index (χ3n) is 5.10. The quantitative estimate of drug-likeness (QED) is 0.442. The Morgan fingerprint density at radius 1 is 1.33 bits per heavy atom. The van der Waals surface area contributed by atoms with Gasteiger partial charge in [-0.05, 0) is 30.1 Å². The molecule has 0 fully saturated rings. The summed E-state index contributed by atoms with van der Waals surface area (Å²) in [5.74, 6) is 0.00248. The molecule has 1 heterocycles. The lowest BCUT2D eigenvalue weighted by Crippen LogP contribution is -2.35. The molecule has 0 bridgehead atoms. The largest absolute Gasteiger partial charge is 0.405 e. The molecule has 0 aromatic heterocycles. The zero-order chi connectivity index (χ0) is 22.9. The predicted octanol–water partition coefficient (Wildman–Crippen LogP) is 3.40. The van der Waals surface area contributed by atoms with Crippen LogP contribution >= 0.6 is 0 Å². The molecule has 0 saturated carbocycles. The Kier molecular flexibility index (Phi) is 9.42. The lowest BCUT2D eigenvalue weighted by molar-refractivity contribution is -0.126. The minimum atomic E-state index is -4.29. The van der Waals surface area contributed by atoms with Crippen molar-refractivity contribution in [1.82, 2.24) is 15.5 Å². The normalized spacial score (nSPS) is 18.2. The second-order valence-corrected chi connectivity index (χ2v) is 7.81. The number of Topliss-reactive ketones (excluding diaryl/α,β-unsaturated/α-hetero) is 1. The van der Waals surface area contributed by atoms with Crippen LogP contribution in [0.4, 0.5) is 13.2 Å². The molecule has 0 radical (unpaired) electrons. The highest BCUT2D eigenvalue weighted by Gasteiger charge is 2.29. The van der Waals surface area contributed by atoms with Gasteiger partial charge < -0.3 is 21.3 Å². The van der Waals surface area contributed by atoms with Crippen molar-refractivity contribution in [1.29, 1.82) is 0 Å². The van der Waals surface area contributed by atoms with Gasteiger partial charge in [-0.3, -0.25) is 4.79 Å². The molecule has 0 aliphatic carbocycles. The van der Waals surface area contributed by atoms with Crippen molar-refractivity contribution in [3.63, 3.8) is 0 Å². The maximum atomic E-state index is 12.4. The van der Waals surface area contributed by atoms with E-state index < -0.39 is 18.1 Å². The Balaban J connectivity index is 3.02. The number of halogens is 3. The van der Waals surface area contributed by atoms with Crippen molar-refractivity contribution in [2.75, 3.05) is 27.2 Å². The first-order chi connectivity index (χ1) is 14.0. The Morgan fingerprint density at radius 2 is 2.00 bits per heavy atom. The number of hydrogen-bond donors (Lipinski definition) is 3. The lowest BCUT2D eigenvalue weighted by atomic mass is 9.81. The van der Waals surface area contributed by atoms with Crippen molar-refractivity contribution < 1.29 is 18.0 Å². The number of likely N-dealkylation sites (N-methyl/N-ethyl adjacent to an activating group) is 1. The van der Waals surface area contributed by atoms with E-state index in [9.17, 15) is 18.0 Å². The van der Waals surface area contributed by atoms with Crippen LogP contribution in [0.1, 0.15) is 26.7 Å². The number of carbonyl (C=O) groups excluding carboxylic acids is 1. The molecular weight excluding hydrogens is 393 g/mol. The minimum absolute atomic E-state index is 0.00248. The molecule has 0 saturated heterocycles. The Hall–Kier alpha value is -2.48. The van der Waals surface area contributed by atoms with E-state index in [0.29, 0.717) is 18.4 Å². The fraction of sp³-hybridized carbons (Fsp3) is 0.500. The van der Waals surface area contributed by atoms with Crippen LogP contribution in [-0.2, 0) is 4.79 Å². The number of alkyl halides is 3. The SMILES string of the molecule is C=C/C(=C\NCC(F)(F)F)C1C=CC=C(/C(=C/NC)CCC(C)(C)C(=O)CN)N1C. The van der Waals surface area contributed by atoms with E-state index >= 15 is 0 Å². The summed E-state index contributed by atoms with van der Waals surface area (Å²) in [5.41, 5.74) is 7.50. The summed E-state index contributed by atoms with van der Waals surface area (Å²) in [5, 5.41) is 5.35. The standard InChI is InChI=1S/C22H33F3N4O/c1-6-16(14-28-15-22(23,24)25)18-8-7-9-19(29(18)5)17(13-27-4)10-11-21(2,3)20(30)12-26/h6-9,13-14,18,27-28H,1,10-12,15,26H2,2-5H3/b16-14+,17-13+. The molecule has 1 aliphatic rings. The molecule has 0 spiro atoms. The molecule has 1 atom stereocenters. The minimum Gasteiger partial charge on any atom is -0.394 e. The molecule has 1 unspecified atom stereocenters. The maximum Gasteiger partial charge on any atom is 0.405 e. The number of allylic oxidation sites excluding steroid dienone is 3. The van der Waals surface area contributed by atoms with Gasteiger partial charge in [-0.2, -0.15) is 13.2 Å². The molecule has 1 aliphatic heterocycles. The van der Waals surface area contributed by atoms with Gasteiger partial charge >= 0.3 is 6.18 Å². The highest BCUT2D eigenvalue weighted by Crippen LogP contribution is 2.31. The van der Waals surface area contributed by atoms with Gasteiger partial charge in [0.05, 0.1) is 12.6 Å². The van der Waals surface area contributed by atoms with Gasteiger partial charge in [0.25, 0.3) is 0 Å². The molecule has 5 nitrogen and oxygen atoms in total. The summed E-state index contributed by atoms with van der Waals surface area (Å²) in [6.45, 7) is 6.40. The highest BCUT2D eigenvalue weighted by molar-refractivity contribution is 5.85. The number of nitrogens with zero attached hydrogens (tertiary/aromatic N) is 1. The van der Waals surface area contributed by atoms with E-state index in [1.54, 1.807) is 13.1 Å². The second kappa shape index (κ2) is 11.1. The third-order valence-corrected chi connectivity index (χ3v) is 5.10. The Labute approximate surface area is 177 Å². The van der Waals surface area contributed by atoms with E-state index in [0.717, 1.165) is 11.3 Å². The summed E-state index contributed by atoms with van der Waals surface area (Å²) in [6.07, 6.45) is 7.44. The number of hydrogen-bond acceptors (Lipinski definition) is 5. The third kappa shape index (κ3) is 7.40. The van der Waals surface area contributed by atoms with Crippen molar-refractivity contribution >= 4 is 5.78 Å². The zero-order valence-corrected chi connectivity index (χ0v) is 18.1. The van der Waals surface area contributed by atoms with Gasteiger partial charge in [0.2, 0.25) is 0 Å². The fourth-order valence-electron chi connectivity index (χ4n) is 3.18. The van der Waals surface area contributed by atoms with Gasteiger partial charge in [-0.1, -0.05) is 38.7 Å². The van der Waals surface area contributed by atoms with Crippen LogP contribution in [0.25, 0.3) is 0 Å². The van der Waals surface area contributed by atoms with Crippen LogP contribution in [0.2, 0.25) is 0 Å². The Morgan fingerprint density at radius 3 is 2.53 bits per heavy atom. The van der Waals surface area contributed by atoms with E-state index in [2.05, 4.69) is 17.2 Å². The van der Waals surface area contributed by atoms with E-state index in [1.807, 2.05) is 50.2 Å². The zero-order valence-electron chi connectivity index (χ0n) is 18.1. The van der Waals surface area contributed by atoms with Crippen LogP contribution in [0.5, 0.6) is 0 Å². The second-order valence-electron chi connectivity index (χ2n) is 7.81. The van der Waals surface area contributed by atoms with Gasteiger partial charge in [0, 0.05) is 37.6 Å². The number of nitrogens with two attached hydrogens (primary N) is 1. The molecule has 168 valence electrons. The van der Waals surface area contributed by atoms with E-state index in [4.69, 9.17) is 5.73 Å². The van der Waals surface area contributed by atoms with Crippen LogP contribution in [-0.4, -0.2) is 50.1 Å².